The number of halogens is 1. The topological polar surface area (TPSA) is 46.9 Å². The monoisotopic (exact) mass is 413 g/mol. The highest BCUT2D eigenvalue weighted by atomic mass is 35.5. The molecular formula is C15H12ClN3OS4. The Balaban J connectivity index is 1.58. The van der Waals surface area contributed by atoms with Gasteiger partial charge >= 0.3 is 0 Å². The van der Waals surface area contributed by atoms with Crippen molar-refractivity contribution in [2.24, 2.45) is 0 Å². The van der Waals surface area contributed by atoms with E-state index in [1.165, 1.54) is 23.1 Å². The van der Waals surface area contributed by atoms with E-state index in [9.17, 15) is 4.79 Å². The Hall–Kier alpha value is -1.19. The van der Waals surface area contributed by atoms with Crippen LogP contribution in [0.25, 0.3) is 5.69 Å². The van der Waals surface area contributed by atoms with Gasteiger partial charge in [-0.25, -0.2) is 4.68 Å². The fraction of sp³-hybridized carbons (Fsp3) is 0.133. The van der Waals surface area contributed by atoms with Crippen LogP contribution in [0.1, 0.15) is 4.88 Å². The van der Waals surface area contributed by atoms with E-state index in [0.29, 0.717) is 21.3 Å². The van der Waals surface area contributed by atoms with Gasteiger partial charge in [-0.15, -0.1) is 16.4 Å². The lowest BCUT2D eigenvalue weighted by molar-refractivity contribution is -0.118. The Labute approximate surface area is 161 Å². The quantitative estimate of drug-likeness (QED) is 0.466. The van der Waals surface area contributed by atoms with Crippen molar-refractivity contribution in [3.05, 3.63) is 55.6 Å². The number of hydrogen-bond donors (Lipinski definition) is 1. The highest BCUT2D eigenvalue weighted by Crippen LogP contribution is 2.24. The summed E-state index contributed by atoms with van der Waals surface area (Å²) in [7, 11) is 0. The molecule has 1 N–H and O–H groups in total. The van der Waals surface area contributed by atoms with Crippen molar-refractivity contribution in [2.45, 2.75) is 10.9 Å². The summed E-state index contributed by atoms with van der Waals surface area (Å²) in [4.78, 5) is 13.0. The van der Waals surface area contributed by atoms with Crippen LogP contribution in [-0.4, -0.2) is 21.4 Å². The predicted octanol–water partition coefficient (Wildman–Crippen LogP) is 4.79. The molecule has 0 fully saturated rings. The second kappa shape index (κ2) is 8.26. The fourth-order valence-electron chi connectivity index (χ4n) is 1.84. The van der Waals surface area contributed by atoms with Gasteiger partial charge in [0, 0.05) is 9.90 Å². The third kappa shape index (κ3) is 4.67. The summed E-state index contributed by atoms with van der Waals surface area (Å²) in [5.41, 5.74) is 0.856. The molecule has 0 aliphatic carbocycles. The molecule has 0 saturated carbocycles. The molecule has 0 saturated heterocycles. The zero-order chi connectivity index (χ0) is 16.9. The van der Waals surface area contributed by atoms with Crippen molar-refractivity contribution in [1.29, 1.82) is 0 Å². The number of thioether (sulfide) groups is 1. The number of carbonyl (C=O) groups is 1. The average Bonchev–Trinajstić information content (AvgIpc) is 3.21. The van der Waals surface area contributed by atoms with Gasteiger partial charge in [-0.3, -0.25) is 4.79 Å². The summed E-state index contributed by atoms with van der Waals surface area (Å²) in [6, 6.07) is 11.3. The van der Waals surface area contributed by atoms with E-state index < -0.39 is 0 Å². The second-order valence-corrected chi connectivity index (χ2v) is 8.98. The first-order valence-electron chi connectivity index (χ1n) is 6.90. The molecule has 0 spiro atoms. The van der Waals surface area contributed by atoms with Crippen LogP contribution in [0, 0.1) is 3.95 Å². The predicted molar refractivity (Wildman–Crippen MR) is 104 cm³/mol. The van der Waals surface area contributed by atoms with Gasteiger partial charge in [0.1, 0.15) is 0 Å². The van der Waals surface area contributed by atoms with Gasteiger partial charge in [0.25, 0.3) is 0 Å². The molecule has 2 aromatic heterocycles. The largest absolute Gasteiger partial charge is 0.350 e. The van der Waals surface area contributed by atoms with Gasteiger partial charge in [0.2, 0.25) is 5.91 Å². The standard InChI is InChI=1S/C15H12ClN3OS4/c16-10-3-5-11(6-4-10)19-15(21)24-14(18-19)23-9-13(20)17-8-12-2-1-7-22-12/h1-7H,8-9H2,(H,17,20). The lowest BCUT2D eigenvalue weighted by Crippen LogP contribution is -2.24. The number of benzene rings is 1. The molecule has 3 rings (SSSR count). The maximum absolute atomic E-state index is 11.9. The summed E-state index contributed by atoms with van der Waals surface area (Å²) in [6.07, 6.45) is 0. The zero-order valence-corrected chi connectivity index (χ0v) is 16.3. The Morgan fingerprint density at radius 3 is 2.83 bits per heavy atom. The molecule has 0 aliphatic rings. The average molecular weight is 414 g/mol. The van der Waals surface area contributed by atoms with E-state index >= 15 is 0 Å². The van der Waals surface area contributed by atoms with Crippen LogP contribution < -0.4 is 5.32 Å². The van der Waals surface area contributed by atoms with Crippen molar-refractivity contribution < 1.29 is 4.79 Å². The van der Waals surface area contributed by atoms with Gasteiger partial charge in [-0.2, -0.15) is 0 Å². The van der Waals surface area contributed by atoms with Crippen molar-refractivity contribution in [3.8, 4) is 5.69 Å². The van der Waals surface area contributed by atoms with Gasteiger partial charge in [-0.05, 0) is 47.9 Å². The third-order valence-corrected chi connectivity index (χ3v) is 6.46. The van der Waals surface area contributed by atoms with Crippen LogP contribution in [-0.2, 0) is 11.3 Å². The van der Waals surface area contributed by atoms with Crippen LogP contribution in [0.15, 0.2) is 46.1 Å². The number of nitrogens with zero attached hydrogens (tertiary/aromatic N) is 2. The lowest BCUT2D eigenvalue weighted by Gasteiger charge is -2.02. The fourth-order valence-corrected chi connectivity index (χ4v) is 4.80. The van der Waals surface area contributed by atoms with Gasteiger partial charge in [-0.1, -0.05) is 40.8 Å². The van der Waals surface area contributed by atoms with Crippen molar-refractivity contribution in [2.75, 3.05) is 5.75 Å². The number of thiophene rings is 1. The number of rotatable bonds is 6. The van der Waals surface area contributed by atoms with E-state index in [1.807, 2.05) is 29.6 Å². The zero-order valence-electron chi connectivity index (χ0n) is 12.3. The van der Waals surface area contributed by atoms with Gasteiger partial charge < -0.3 is 5.32 Å². The van der Waals surface area contributed by atoms with E-state index in [-0.39, 0.29) is 5.91 Å². The first-order chi connectivity index (χ1) is 11.6. The van der Waals surface area contributed by atoms with E-state index in [2.05, 4.69) is 10.4 Å². The smallest absolute Gasteiger partial charge is 0.230 e. The Morgan fingerprint density at radius 1 is 1.33 bits per heavy atom. The lowest BCUT2D eigenvalue weighted by atomic mass is 10.3. The van der Waals surface area contributed by atoms with Gasteiger partial charge in [0.05, 0.1) is 18.0 Å². The summed E-state index contributed by atoms with van der Waals surface area (Å²) < 4.78 is 3.09. The number of aromatic nitrogens is 2. The SMILES string of the molecule is O=C(CSc1nn(-c2ccc(Cl)cc2)c(=S)s1)NCc1cccs1. The van der Waals surface area contributed by atoms with Crippen molar-refractivity contribution in [3.63, 3.8) is 0 Å². The van der Waals surface area contributed by atoms with Crippen LogP contribution in [0.5, 0.6) is 0 Å². The highest BCUT2D eigenvalue weighted by molar-refractivity contribution is 8.01. The summed E-state index contributed by atoms with van der Waals surface area (Å²) in [5.74, 6) is 0.293. The molecule has 1 amide bonds. The van der Waals surface area contributed by atoms with Crippen molar-refractivity contribution in [1.82, 2.24) is 15.1 Å². The number of hydrogen-bond acceptors (Lipinski definition) is 6. The minimum Gasteiger partial charge on any atom is -0.350 e. The Kier molecular flexibility index (Phi) is 6.07. The third-order valence-electron chi connectivity index (χ3n) is 2.97. The number of carbonyl (C=O) groups excluding carboxylic acids is 1. The van der Waals surface area contributed by atoms with Crippen LogP contribution >= 0.6 is 58.3 Å². The Morgan fingerprint density at radius 2 is 2.12 bits per heavy atom. The Bertz CT molecular complexity index is 871. The summed E-state index contributed by atoms with van der Waals surface area (Å²) >= 11 is 15.6. The van der Waals surface area contributed by atoms with Gasteiger partial charge in [0.15, 0.2) is 8.29 Å². The molecule has 0 aliphatic heterocycles. The molecule has 3 aromatic rings. The van der Waals surface area contributed by atoms with E-state index in [0.717, 1.165) is 14.9 Å². The summed E-state index contributed by atoms with van der Waals surface area (Å²) in [5, 5.41) is 10.0. The number of amides is 1. The number of nitrogens with one attached hydrogen (secondary N) is 1. The maximum Gasteiger partial charge on any atom is 0.230 e. The van der Waals surface area contributed by atoms with Crippen molar-refractivity contribution >= 4 is 64.2 Å². The van der Waals surface area contributed by atoms with E-state index in [4.69, 9.17) is 23.8 Å². The highest BCUT2D eigenvalue weighted by Gasteiger charge is 2.09. The van der Waals surface area contributed by atoms with Crippen LogP contribution in [0.2, 0.25) is 5.02 Å². The minimum atomic E-state index is -0.0208. The molecule has 4 nitrogen and oxygen atoms in total. The maximum atomic E-state index is 11.9. The molecule has 9 heteroatoms. The van der Waals surface area contributed by atoms with E-state index in [1.54, 1.807) is 28.2 Å². The molecule has 0 bridgehead atoms. The molecule has 0 radical (unpaired) electrons. The molecule has 24 heavy (non-hydrogen) atoms. The molecule has 0 unspecified atom stereocenters. The molecule has 124 valence electrons. The van der Waals surface area contributed by atoms with Crippen LogP contribution in [0.4, 0.5) is 0 Å². The first-order valence-corrected chi connectivity index (χ1v) is 10.4. The second-order valence-electron chi connectivity index (χ2n) is 4.67. The van der Waals surface area contributed by atoms with Crippen LogP contribution in [0.3, 0.4) is 0 Å². The molecule has 2 heterocycles. The normalized spacial score (nSPS) is 10.7. The minimum absolute atomic E-state index is 0.0208. The molecule has 0 atom stereocenters. The first kappa shape index (κ1) is 17.6. The molecule has 1 aromatic carbocycles. The molecular weight excluding hydrogens is 402 g/mol. The summed E-state index contributed by atoms with van der Waals surface area (Å²) in [6.45, 7) is 0.561.